The minimum Gasteiger partial charge on any atom is -0.362 e. The van der Waals surface area contributed by atoms with Gasteiger partial charge in [0.1, 0.15) is 11.4 Å². The van der Waals surface area contributed by atoms with E-state index in [-0.39, 0.29) is 34.1 Å². The average molecular weight is 412 g/mol. The number of Topliss-reactive ketones (excluding diaryl/α,β-unsaturated/α-hetero) is 2. The molecule has 0 bridgehead atoms. The zero-order chi connectivity index (χ0) is 22.0. The molecule has 0 radical (unpaired) electrons. The highest BCUT2D eigenvalue weighted by molar-refractivity contribution is 5.96. The van der Waals surface area contributed by atoms with Gasteiger partial charge >= 0.3 is 0 Å². The molecule has 3 rings (SSSR count). The number of ketones is 2. The van der Waals surface area contributed by atoms with E-state index in [0.29, 0.717) is 37.6 Å². The van der Waals surface area contributed by atoms with Crippen LogP contribution in [0.2, 0.25) is 0 Å². The van der Waals surface area contributed by atoms with Gasteiger partial charge in [0.05, 0.1) is 9.85 Å². The number of nitrogens with zero attached hydrogens (tertiary/aromatic N) is 4. The van der Waals surface area contributed by atoms with Crippen molar-refractivity contribution in [2.24, 2.45) is 0 Å². The van der Waals surface area contributed by atoms with Crippen LogP contribution in [0.25, 0.3) is 0 Å². The van der Waals surface area contributed by atoms with E-state index in [1.54, 1.807) is 24.3 Å². The SMILES string of the molecule is CC(=O)c1ccc(N2CCN(c3ccc(C(C)=O)cc3[N+](=O)[O-])CC2)c([N+](=O)[O-])c1. The second-order valence-electron chi connectivity index (χ2n) is 7.01. The number of anilines is 2. The molecule has 0 amide bonds. The van der Waals surface area contributed by atoms with Crippen molar-refractivity contribution < 1.29 is 19.4 Å². The smallest absolute Gasteiger partial charge is 0.293 e. The van der Waals surface area contributed by atoms with Gasteiger partial charge in [-0.05, 0) is 38.1 Å². The highest BCUT2D eigenvalue weighted by Crippen LogP contribution is 2.33. The number of nitro groups is 2. The summed E-state index contributed by atoms with van der Waals surface area (Å²) in [6.07, 6.45) is 0. The Labute approximate surface area is 172 Å². The van der Waals surface area contributed by atoms with Gasteiger partial charge in [0.25, 0.3) is 11.4 Å². The molecule has 2 aromatic carbocycles. The summed E-state index contributed by atoms with van der Waals surface area (Å²) in [4.78, 5) is 48.7. The van der Waals surface area contributed by atoms with Gasteiger partial charge in [0, 0.05) is 49.4 Å². The maximum atomic E-state index is 11.5. The molecule has 2 aromatic rings. The molecule has 1 fully saturated rings. The number of rotatable bonds is 6. The van der Waals surface area contributed by atoms with E-state index >= 15 is 0 Å². The molecule has 0 atom stereocenters. The van der Waals surface area contributed by atoms with Crippen LogP contribution in [0.1, 0.15) is 34.6 Å². The molecule has 0 N–H and O–H groups in total. The Hall–Kier alpha value is -3.82. The van der Waals surface area contributed by atoms with Crippen molar-refractivity contribution in [2.75, 3.05) is 36.0 Å². The topological polar surface area (TPSA) is 127 Å². The van der Waals surface area contributed by atoms with E-state index < -0.39 is 9.85 Å². The first kappa shape index (κ1) is 20.9. The highest BCUT2D eigenvalue weighted by atomic mass is 16.6. The number of nitro benzene ring substituents is 2. The first-order valence-corrected chi connectivity index (χ1v) is 9.27. The number of carbonyl (C=O) groups is 2. The minimum atomic E-state index is -0.514. The van der Waals surface area contributed by atoms with Gasteiger partial charge in [0.2, 0.25) is 0 Å². The predicted molar refractivity (Wildman–Crippen MR) is 111 cm³/mol. The average Bonchev–Trinajstić information content (AvgIpc) is 2.72. The summed E-state index contributed by atoms with van der Waals surface area (Å²) in [6.45, 7) is 4.33. The van der Waals surface area contributed by atoms with E-state index in [0.717, 1.165) is 0 Å². The van der Waals surface area contributed by atoms with E-state index in [2.05, 4.69) is 0 Å². The fourth-order valence-electron chi connectivity index (χ4n) is 3.50. The second-order valence-corrected chi connectivity index (χ2v) is 7.01. The molecule has 1 aliphatic heterocycles. The molecule has 0 aliphatic carbocycles. The fourth-order valence-corrected chi connectivity index (χ4v) is 3.50. The van der Waals surface area contributed by atoms with Crippen LogP contribution in [0.3, 0.4) is 0 Å². The first-order chi connectivity index (χ1) is 14.2. The number of piperazine rings is 1. The summed E-state index contributed by atoms with van der Waals surface area (Å²) in [6, 6.07) is 8.79. The highest BCUT2D eigenvalue weighted by Gasteiger charge is 2.28. The van der Waals surface area contributed by atoms with Crippen LogP contribution in [0.15, 0.2) is 36.4 Å². The van der Waals surface area contributed by atoms with Crippen molar-refractivity contribution in [3.8, 4) is 0 Å². The minimum absolute atomic E-state index is 0.145. The molecule has 1 saturated heterocycles. The number of hydrogen-bond donors (Lipinski definition) is 0. The van der Waals surface area contributed by atoms with Crippen LogP contribution in [-0.2, 0) is 0 Å². The van der Waals surface area contributed by atoms with Gasteiger partial charge in [-0.25, -0.2) is 0 Å². The van der Waals surface area contributed by atoms with Gasteiger partial charge in [0.15, 0.2) is 11.6 Å². The Balaban J connectivity index is 1.84. The third kappa shape index (κ3) is 4.12. The summed E-state index contributed by atoms with van der Waals surface area (Å²) in [5.41, 5.74) is 1.06. The van der Waals surface area contributed by atoms with Crippen molar-refractivity contribution in [1.82, 2.24) is 0 Å². The van der Waals surface area contributed by atoms with Crippen molar-refractivity contribution in [3.05, 3.63) is 67.8 Å². The molecule has 156 valence electrons. The van der Waals surface area contributed by atoms with E-state index in [1.165, 1.54) is 26.0 Å². The molecule has 1 heterocycles. The van der Waals surface area contributed by atoms with Gasteiger partial charge in [-0.2, -0.15) is 0 Å². The monoisotopic (exact) mass is 412 g/mol. The van der Waals surface area contributed by atoms with E-state index in [4.69, 9.17) is 0 Å². The molecular weight excluding hydrogens is 392 g/mol. The van der Waals surface area contributed by atoms with Crippen LogP contribution in [-0.4, -0.2) is 47.6 Å². The van der Waals surface area contributed by atoms with Crippen LogP contribution in [0.4, 0.5) is 22.7 Å². The van der Waals surface area contributed by atoms with Crippen LogP contribution in [0, 0.1) is 20.2 Å². The Morgan fingerprint density at radius 3 is 1.33 bits per heavy atom. The van der Waals surface area contributed by atoms with E-state index in [1.807, 2.05) is 9.80 Å². The van der Waals surface area contributed by atoms with Crippen molar-refractivity contribution in [2.45, 2.75) is 13.8 Å². The van der Waals surface area contributed by atoms with E-state index in [9.17, 15) is 29.8 Å². The Bertz CT molecular complexity index is 960. The summed E-state index contributed by atoms with van der Waals surface area (Å²) >= 11 is 0. The quantitative estimate of drug-likeness (QED) is 0.402. The summed E-state index contributed by atoms with van der Waals surface area (Å²) < 4.78 is 0. The fraction of sp³-hybridized carbons (Fsp3) is 0.300. The zero-order valence-electron chi connectivity index (χ0n) is 16.5. The van der Waals surface area contributed by atoms with Crippen LogP contribution < -0.4 is 9.80 Å². The van der Waals surface area contributed by atoms with Crippen molar-refractivity contribution >= 4 is 34.3 Å². The maximum absolute atomic E-state index is 11.5. The zero-order valence-corrected chi connectivity index (χ0v) is 16.5. The Morgan fingerprint density at radius 1 is 0.733 bits per heavy atom. The third-order valence-electron chi connectivity index (χ3n) is 5.12. The van der Waals surface area contributed by atoms with Gasteiger partial charge in [-0.3, -0.25) is 29.8 Å². The second kappa shape index (κ2) is 8.27. The molecule has 0 unspecified atom stereocenters. The van der Waals surface area contributed by atoms with Gasteiger partial charge in [-0.15, -0.1) is 0 Å². The predicted octanol–water partition coefficient (Wildman–Crippen LogP) is 3.23. The lowest BCUT2D eigenvalue weighted by molar-refractivity contribution is -0.384. The third-order valence-corrected chi connectivity index (χ3v) is 5.12. The molecule has 10 heteroatoms. The number of hydrogen-bond acceptors (Lipinski definition) is 8. The van der Waals surface area contributed by atoms with Crippen LogP contribution in [0.5, 0.6) is 0 Å². The number of carbonyl (C=O) groups excluding carboxylic acids is 2. The van der Waals surface area contributed by atoms with Gasteiger partial charge < -0.3 is 9.80 Å². The van der Waals surface area contributed by atoms with Crippen LogP contribution >= 0.6 is 0 Å². The normalized spacial score (nSPS) is 13.8. The summed E-state index contributed by atoms with van der Waals surface area (Å²) in [5, 5.41) is 23.0. The molecule has 30 heavy (non-hydrogen) atoms. The van der Waals surface area contributed by atoms with Crippen molar-refractivity contribution in [3.63, 3.8) is 0 Å². The molecule has 10 nitrogen and oxygen atoms in total. The standard InChI is InChI=1S/C20H20N4O6/c1-13(25)15-3-5-17(19(11-15)23(27)28)21-7-9-22(10-8-21)18-6-4-16(14(2)26)12-20(18)24(29)30/h3-6,11-12H,7-10H2,1-2H3. The maximum Gasteiger partial charge on any atom is 0.293 e. The lowest BCUT2D eigenvalue weighted by Gasteiger charge is -2.36. The lowest BCUT2D eigenvalue weighted by Crippen LogP contribution is -2.46. The molecule has 0 aromatic heterocycles. The number of benzene rings is 2. The first-order valence-electron chi connectivity index (χ1n) is 9.27. The molecular formula is C20H20N4O6. The largest absolute Gasteiger partial charge is 0.362 e. The Kier molecular flexibility index (Phi) is 5.77. The lowest BCUT2D eigenvalue weighted by atomic mass is 10.1. The molecule has 1 aliphatic rings. The summed E-state index contributed by atoms with van der Waals surface area (Å²) in [7, 11) is 0. The van der Waals surface area contributed by atoms with Crippen molar-refractivity contribution in [1.29, 1.82) is 0 Å². The van der Waals surface area contributed by atoms with Gasteiger partial charge in [-0.1, -0.05) is 0 Å². The molecule has 0 saturated carbocycles. The summed E-state index contributed by atoms with van der Waals surface area (Å²) in [5.74, 6) is -0.508. The Morgan fingerprint density at radius 2 is 1.07 bits per heavy atom. The molecule has 0 spiro atoms.